The summed E-state index contributed by atoms with van der Waals surface area (Å²) in [4.78, 5) is 0. The fourth-order valence-corrected chi connectivity index (χ4v) is 2.21. The Balaban J connectivity index is 2.02. The molecule has 0 aromatic heterocycles. The van der Waals surface area contributed by atoms with Crippen LogP contribution in [0.15, 0.2) is 36.4 Å². The van der Waals surface area contributed by atoms with Crippen LogP contribution in [0.2, 0.25) is 10.0 Å². The number of halogens is 4. The van der Waals surface area contributed by atoms with Crippen LogP contribution in [0.25, 0.3) is 0 Å². The molecule has 0 fully saturated rings. The van der Waals surface area contributed by atoms with Crippen LogP contribution < -0.4 is 5.32 Å². The predicted octanol–water partition coefficient (Wildman–Crippen LogP) is 5.12. The molecule has 1 nitrogen and oxygen atoms in total. The van der Waals surface area contributed by atoms with Gasteiger partial charge in [0.1, 0.15) is 11.6 Å². The Bertz CT molecular complexity index is 617. The van der Waals surface area contributed by atoms with Gasteiger partial charge in [0.15, 0.2) is 0 Å². The highest BCUT2D eigenvalue weighted by Crippen LogP contribution is 2.21. The van der Waals surface area contributed by atoms with Crippen LogP contribution in [-0.4, -0.2) is 0 Å². The van der Waals surface area contributed by atoms with Crippen LogP contribution in [0.1, 0.15) is 24.1 Å². The Morgan fingerprint density at radius 2 is 1.60 bits per heavy atom. The van der Waals surface area contributed by atoms with Gasteiger partial charge in [0.05, 0.1) is 10.0 Å². The lowest BCUT2D eigenvalue weighted by Crippen LogP contribution is -2.18. The summed E-state index contributed by atoms with van der Waals surface area (Å²) in [5, 5.41) is 3.44. The number of rotatable bonds is 4. The van der Waals surface area contributed by atoms with Gasteiger partial charge in [0.25, 0.3) is 0 Å². The van der Waals surface area contributed by atoms with Crippen molar-refractivity contribution >= 4 is 23.2 Å². The Kier molecular flexibility index (Phi) is 4.97. The van der Waals surface area contributed by atoms with Crippen molar-refractivity contribution in [2.45, 2.75) is 19.5 Å². The molecule has 0 heterocycles. The number of hydrogen-bond donors (Lipinski definition) is 1. The summed E-state index contributed by atoms with van der Waals surface area (Å²) in [5.41, 5.74) is 1.75. The highest BCUT2D eigenvalue weighted by Gasteiger charge is 2.08. The van der Waals surface area contributed by atoms with E-state index in [0.717, 1.165) is 11.1 Å². The maximum absolute atomic E-state index is 13.1. The van der Waals surface area contributed by atoms with Gasteiger partial charge in [-0.15, -0.1) is 0 Å². The predicted molar refractivity (Wildman–Crippen MR) is 78.1 cm³/mol. The molecule has 2 aromatic rings. The third-order valence-electron chi connectivity index (χ3n) is 3.04. The summed E-state index contributed by atoms with van der Waals surface area (Å²) in [6.45, 7) is 2.46. The van der Waals surface area contributed by atoms with E-state index in [1.165, 1.54) is 12.1 Å². The topological polar surface area (TPSA) is 12.0 Å². The van der Waals surface area contributed by atoms with Gasteiger partial charge in [-0.2, -0.15) is 0 Å². The molecule has 0 aliphatic heterocycles. The maximum atomic E-state index is 13.1. The molecular formula is C15H13Cl2F2N. The third-order valence-corrected chi connectivity index (χ3v) is 3.62. The van der Waals surface area contributed by atoms with E-state index in [9.17, 15) is 8.78 Å². The SMILES string of the molecule is CC(NCc1ccc(F)c(Cl)c1)c1ccc(F)c(Cl)c1. The van der Waals surface area contributed by atoms with Crippen LogP contribution in [0, 0.1) is 11.6 Å². The lowest BCUT2D eigenvalue weighted by molar-refractivity contribution is 0.569. The fourth-order valence-electron chi connectivity index (χ4n) is 1.82. The Morgan fingerprint density at radius 1 is 1.00 bits per heavy atom. The molecule has 106 valence electrons. The zero-order valence-electron chi connectivity index (χ0n) is 10.8. The fraction of sp³-hybridized carbons (Fsp3) is 0.200. The second kappa shape index (κ2) is 6.53. The number of nitrogens with one attached hydrogen (secondary N) is 1. The molecule has 5 heteroatoms. The smallest absolute Gasteiger partial charge is 0.141 e. The standard InChI is InChI=1S/C15H13Cl2F2N/c1-9(11-3-5-15(19)13(17)7-11)20-8-10-2-4-14(18)12(16)6-10/h2-7,9,20H,8H2,1H3. The number of benzene rings is 2. The molecule has 1 N–H and O–H groups in total. The molecule has 0 spiro atoms. The molecular weight excluding hydrogens is 303 g/mol. The summed E-state index contributed by atoms with van der Waals surface area (Å²) in [5.74, 6) is -0.873. The second-order valence-corrected chi connectivity index (χ2v) is 5.34. The van der Waals surface area contributed by atoms with E-state index >= 15 is 0 Å². The van der Waals surface area contributed by atoms with Gasteiger partial charge < -0.3 is 5.32 Å². The molecule has 0 aliphatic rings. The van der Waals surface area contributed by atoms with Gasteiger partial charge in [0, 0.05) is 12.6 Å². The van der Waals surface area contributed by atoms with Crippen molar-refractivity contribution in [1.29, 1.82) is 0 Å². The Morgan fingerprint density at radius 3 is 2.20 bits per heavy atom. The zero-order chi connectivity index (χ0) is 14.7. The van der Waals surface area contributed by atoms with Crippen LogP contribution in [0.5, 0.6) is 0 Å². The molecule has 20 heavy (non-hydrogen) atoms. The molecule has 0 bridgehead atoms. The molecule has 1 unspecified atom stereocenters. The van der Waals surface area contributed by atoms with Crippen molar-refractivity contribution in [1.82, 2.24) is 5.32 Å². The molecule has 1 atom stereocenters. The van der Waals surface area contributed by atoms with E-state index in [4.69, 9.17) is 23.2 Å². The van der Waals surface area contributed by atoms with Gasteiger partial charge in [0.2, 0.25) is 0 Å². The molecule has 0 aliphatic carbocycles. The normalized spacial score (nSPS) is 12.4. The lowest BCUT2D eigenvalue weighted by atomic mass is 10.1. The monoisotopic (exact) mass is 315 g/mol. The third kappa shape index (κ3) is 3.69. The summed E-state index contributed by atoms with van der Waals surface area (Å²) >= 11 is 11.5. The van der Waals surface area contributed by atoms with Crippen molar-refractivity contribution in [2.24, 2.45) is 0 Å². The van der Waals surface area contributed by atoms with Gasteiger partial charge in [-0.25, -0.2) is 8.78 Å². The van der Waals surface area contributed by atoms with Gasteiger partial charge in [-0.3, -0.25) is 0 Å². The Hall–Kier alpha value is -1.16. The maximum Gasteiger partial charge on any atom is 0.141 e. The van der Waals surface area contributed by atoms with Gasteiger partial charge >= 0.3 is 0 Å². The average Bonchev–Trinajstić information content (AvgIpc) is 2.43. The van der Waals surface area contributed by atoms with Gasteiger partial charge in [-0.05, 0) is 42.3 Å². The second-order valence-electron chi connectivity index (χ2n) is 4.52. The first kappa shape index (κ1) is 15.2. The minimum atomic E-state index is -0.437. The summed E-state index contributed by atoms with van der Waals surface area (Å²) < 4.78 is 26.1. The molecule has 0 radical (unpaired) electrons. The van der Waals surface area contributed by atoms with Crippen molar-refractivity contribution in [2.75, 3.05) is 0 Å². The number of hydrogen-bond acceptors (Lipinski definition) is 1. The van der Waals surface area contributed by atoms with E-state index in [1.54, 1.807) is 24.3 Å². The van der Waals surface area contributed by atoms with E-state index in [1.807, 2.05) is 6.92 Å². The van der Waals surface area contributed by atoms with Crippen LogP contribution in [-0.2, 0) is 6.54 Å². The van der Waals surface area contributed by atoms with E-state index in [0.29, 0.717) is 6.54 Å². The molecule has 2 rings (SSSR count). The van der Waals surface area contributed by atoms with E-state index in [2.05, 4.69) is 5.32 Å². The van der Waals surface area contributed by atoms with Crippen molar-refractivity contribution in [3.63, 3.8) is 0 Å². The van der Waals surface area contributed by atoms with Crippen LogP contribution >= 0.6 is 23.2 Å². The van der Waals surface area contributed by atoms with Crippen LogP contribution in [0.4, 0.5) is 8.78 Å². The van der Waals surface area contributed by atoms with Crippen LogP contribution in [0.3, 0.4) is 0 Å². The highest BCUT2D eigenvalue weighted by atomic mass is 35.5. The van der Waals surface area contributed by atoms with Crippen molar-refractivity contribution < 1.29 is 8.78 Å². The minimum absolute atomic E-state index is 0.0167. The Labute approximate surface area is 126 Å². The first-order valence-electron chi connectivity index (χ1n) is 6.09. The van der Waals surface area contributed by atoms with Gasteiger partial charge in [-0.1, -0.05) is 35.3 Å². The van der Waals surface area contributed by atoms with Crippen molar-refractivity contribution in [3.8, 4) is 0 Å². The van der Waals surface area contributed by atoms with E-state index in [-0.39, 0.29) is 16.1 Å². The first-order chi connectivity index (χ1) is 9.47. The zero-order valence-corrected chi connectivity index (χ0v) is 12.3. The highest BCUT2D eigenvalue weighted by molar-refractivity contribution is 6.31. The van der Waals surface area contributed by atoms with E-state index < -0.39 is 11.6 Å². The summed E-state index contributed by atoms with van der Waals surface area (Å²) in [6, 6.07) is 9.16. The molecule has 0 saturated heterocycles. The molecule has 0 amide bonds. The minimum Gasteiger partial charge on any atom is -0.306 e. The van der Waals surface area contributed by atoms with Crippen molar-refractivity contribution in [3.05, 3.63) is 69.2 Å². The average molecular weight is 316 g/mol. The molecule has 0 saturated carbocycles. The summed E-state index contributed by atoms with van der Waals surface area (Å²) in [6.07, 6.45) is 0. The quantitative estimate of drug-likeness (QED) is 0.825. The summed E-state index contributed by atoms with van der Waals surface area (Å²) in [7, 11) is 0. The largest absolute Gasteiger partial charge is 0.306 e. The first-order valence-corrected chi connectivity index (χ1v) is 6.85. The lowest BCUT2D eigenvalue weighted by Gasteiger charge is -2.15. The molecule has 2 aromatic carbocycles.